The van der Waals surface area contributed by atoms with Crippen LogP contribution in [-0.2, 0) is 0 Å². The zero-order valence-electron chi connectivity index (χ0n) is 9.78. The van der Waals surface area contributed by atoms with Crippen molar-refractivity contribution in [3.8, 4) is 0 Å². The van der Waals surface area contributed by atoms with Gasteiger partial charge in [-0.1, -0.05) is 19.6 Å². The summed E-state index contributed by atoms with van der Waals surface area (Å²) in [4.78, 5) is 0. The third-order valence-corrected chi connectivity index (χ3v) is 2.90. The van der Waals surface area contributed by atoms with Crippen LogP contribution < -0.4 is 0 Å². The van der Waals surface area contributed by atoms with Gasteiger partial charge in [0.2, 0.25) is 0 Å². The highest BCUT2D eigenvalue weighted by Crippen LogP contribution is 2.36. The first-order valence-electron chi connectivity index (χ1n) is 5.58. The van der Waals surface area contributed by atoms with E-state index in [-0.39, 0.29) is 0 Å². The first-order chi connectivity index (χ1) is 7.86. The maximum atomic E-state index is 12.5. The van der Waals surface area contributed by atoms with E-state index >= 15 is 0 Å². The van der Waals surface area contributed by atoms with Gasteiger partial charge in [-0.15, -0.1) is 0 Å². The summed E-state index contributed by atoms with van der Waals surface area (Å²) in [6.07, 6.45) is 0.322. The normalized spacial score (nSPS) is 24.4. The van der Waals surface area contributed by atoms with Crippen LogP contribution in [0, 0.1) is 5.92 Å². The number of halogens is 4. The molecule has 17 heavy (non-hydrogen) atoms. The van der Waals surface area contributed by atoms with Gasteiger partial charge in [0.05, 0.1) is 5.92 Å². The summed E-state index contributed by atoms with van der Waals surface area (Å²) < 4.78 is 49.7. The van der Waals surface area contributed by atoms with Crippen LogP contribution in [0.25, 0.3) is 0 Å². The Kier molecular flexibility index (Phi) is 4.54. The lowest BCUT2D eigenvalue weighted by atomic mass is 9.84. The Labute approximate surface area is 98.7 Å². The minimum atomic E-state index is -4.24. The number of rotatable bonds is 2. The summed E-state index contributed by atoms with van der Waals surface area (Å²) >= 11 is 0. The van der Waals surface area contributed by atoms with Crippen LogP contribution in [0.3, 0.4) is 0 Å². The molecule has 0 aromatic heterocycles. The van der Waals surface area contributed by atoms with E-state index in [2.05, 4.69) is 6.58 Å². The molecule has 96 valence electrons. The molecule has 4 heteroatoms. The third kappa shape index (κ3) is 3.72. The van der Waals surface area contributed by atoms with Crippen molar-refractivity contribution in [2.45, 2.75) is 32.4 Å². The maximum absolute atomic E-state index is 12.5. The maximum Gasteiger partial charge on any atom is 0.394 e. The molecule has 0 saturated heterocycles. The Morgan fingerprint density at radius 1 is 1.35 bits per heavy atom. The fourth-order valence-corrected chi connectivity index (χ4v) is 1.91. The SMILES string of the molecule is C=C1CCCC(=C/C(C)C(F)(F)F)/C1=C\CF. The molecule has 0 amide bonds. The van der Waals surface area contributed by atoms with Crippen LogP contribution in [0.1, 0.15) is 26.2 Å². The molecular weight excluding hydrogens is 232 g/mol. The second-order valence-electron chi connectivity index (χ2n) is 4.25. The van der Waals surface area contributed by atoms with E-state index in [1.54, 1.807) is 0 Å². The highest BCUT2D eigenvalue weighted by molar-refractivity contribution is 5.47. The van der Waals surface area contributed by atoms with Gasteiger partial charge in [-0.2, -0.15) is 13.2 Å². The summed E-state index contributed by atoms with van der Waals surface area (Å²) in [6, 6.07) is 0. The molecule has 1 aliphatic carbocycles. The molecule has 1 saturated carbocycles. The highest BCUT2D eigenvalue weighted by atomic mass is 19.4. The molecule has 0 spiro atoms. The second-order valence-corrected chi connectivity index (χ2v) is 4.25. The smallest absolute Gasteiger partial charge is 0.247 e. The number of alkyl halides is 4. The zero-order valence-corrected chi connectivity index (χ0v) is 9.78. The van der Waals surface area contributed by atoms with Gasteiger partial charge in [-0.3, -0.25) is 0 Å². The van der Waals surface area contributed by atoms with E-state index in [0.29, 0.717) is 17.6 Å². The standard InChI is InChI=1S/C13H16F4/c1-9-4-3-5-11(12(9)6-7-14)8-10(2)13(15,16)17/h6,8,10H,1,3-5,7H2,2H3/b11-8-,12-6-. The monoisotopic (exact) mass is 248 g/mol. The minimum Gasteiger partial charge on any atom is -0.247 e. The number of allylic oxidation sites excluding steroid dienone is 5. The van der Waals surface area contributed by atoms with Gasteiger partial charge in [0.1, 0.15) is 6.67 Å². The zero-order chi connectivity index (χ0) is 13.1. The molecule has 0 N–H and O–H groups in total. The van der Waals surface area contributed by atoms with Crippen molar-refractivity contribution in [1.82, 2.24) is 0 Å². The lowest BCUT2D eigenvalue weighted by molar-refractivity contribution is -0.156. The Balaban J connectivity index is 2.97. The predicted molar refractivity (Wildman–Crippen MR) is 60.4 cm³/mol. The Bertz CT molecular complexity index is 347. The molecular formula is C13H16F4. The number of hydrogen-bond acceptors (Lipinski definition) is 0. The van der Waals surface area contributed by atoms with E-state index in [9.17, 15) is 17.6 Å². The van der Waals surface area contributed by atoms with E-state index < -0.39 is 18.8 Å². The topological polar surface area (TPSA) is 0 Å². The van der Waals surface area contributed by atoms with Crippen LogP contribution in [0.2, 0.25) is 0 Å². The largest absolute Gasteiger partial charge is 0.394 e. The Morgan fingerprint density at radius 2 is 2.00 bits per heavy atom. The van der Waals surface area contributed by atoms with Gasteiger partial charge in [0.25, 0.3) is 0 Å². The summed E-state index contributed by atoms with van der Waals surface area (Å²) in [5.41, 5.74) is 1.87. The van der Waals surface area contributed by atoms with Gasteiger partial charge in [-0.25, -0.2) is 4.39 Å². The minimum absolute atomic E-state index is 0.561. The second kappa shape index (κ2) is 5.52. The molecule has 0 radical (unpaired) electrons. The number of hydrogen-bond donors (Lipinski definition) is 0. The van der Waals surface area contributed by atoms with Gasteiger partial charge in [0, 0.05) is 0 Å². The molecule has 0 aromatic rings. The summed E-state index contributed by atoms with van der Waals surface area (Å²) in [5.74, 6) is -1.51. The van der Waals surface area contributed by atoms with Gasteiger partial charge >= 0.3 is 6.18 Å². The molecule has 1 atom stereocenters. The Morgan fingerprint density at radius 3 is 2.53 bits per heavy atom. The van der Waals surface area contributed by atoms with E-state index in [1.165, 1.54) is 12.2 Å². The molecule has 1 fully saturated rings. The van der Waals surface area contributed by atoms with Gasteiger partial charge in [-0.05, 0) is 42.1 Å². The highest BCUT2D eigenvalue weighted by Gasteiger charge is 2.35. The van der Waals surface area contributed by atoms with Crippen molar-refractivity contribution in [1.29, 1.82) is 0 Å². The quantitative estimate of drug-likeness (QED) is 0.619. The average molecular weight is 248 g/mol. The van der Waals surface area contributed by atoms with Gasteiger partial charge < -0.3 is 0 Å². The molecule has 1 rings (SSSR count). The lowest BCUT2D eigenvalue weighted by Gasteiger charge is -2.22. The van der Waals surface area contributed by atoms with E-state index in [1.807, 2.05) is 0 Å². The lowest BCUT2D eigenvalue weighted by Crippen LogP contribution is -2.18. The fourth-order valence-electron chi connectivity index (χ4n) is 1.91. The van der Waals surface area contributed by atoms with Crippen LogP contribution in [0.15, 0.2) is 35.5 Å². The molecule has 1 unspecified atom stereocenters. The third-order valence-electron chi connectivity index (χ3n) is 2.90. The van der Waals surface area contributed by atoms with Crippen molar-refractivity contribution < 1.29 is 17.6 Å². The molecule has 0 nitrogen and oxygen atoms in total. The van der Waals surface area contributed by atoms with Crippen molar-refractivity contribution in [2.24, 2.45) is 5.92 Å². The van der Waals surface area contributed by atoms with Crippen molar-refractivity contribution in [3.63, 3.8) is 0 Å². The van der Waals surface area contributed by atoms with Crippen LogP contribution >= 0.6 is 0 Å². The fraction of sp³-hybridized carbons (Fsp3) is 0.538. The summed E-state index contributed by atoms with van der Waals surface area (Å²) in [6.45, 7) is 4.21. The summed E-state index contributed by atoms with van der Waals surface area (Å²) in [7, 11) is 0. The van der Waals surface area contributed by atoms with Crippen molar-refractivity contribution >= 4 is 0 Å². The van der Waals surface area contributed by atoms with E-state index in [0.717, 1.165) is 25.3 Å². The molecule has 0 bridgehead atoms. The van der Waals surface area contributed by atoms with Gasteiger partial charge in [0.15, 0.2) is 0 Å². The van der Waals surface area contributed by atoms with Crippen molar-refractivity contribution in [2.75, 3.05) is 6.67 Å². The average Bonchev–Trinajstić information content (AvgIpc) is 2.21. The first-order valence-corrected chi connectivity index (χ1v) is 5.58. The Hall–Kier alpha value is -1.06. The van der Waals surface area contributed by atoms with E-state index in [4.69, 9.17) is 0 Å². The van der Waals surface area contributed by atoms with Crippen LogP contribution in [-0.4, -0.2) is 12.9 Å². The predicted octanol–water partition coefficient (Wildman–Crippen LogP) is 4.75. The molecule has 0 aromatic carbocycles. The van der Waals surface area contributed by atoms with Crippen molar-refractivity contribution in [3.05, 3.63) is 35.5 Å². The molecule has 0 heterocycles. The summed E-state index contributed by atoms with van der Waals surface area (Å²) in [5, 5.41) is 0. The molecule has 1 aliphatic rings. The molecule has 0 aliphatic heterocycles. The first kappa shape index (κ1) is 14.0. The van der Waals surface area contributed by atoms with Crippen LogP contribution in [0.4, 0.5) is 17.6 Å². The van der Waals surface area contributed by atoms with Crippen LogP contribution in [0.5, 0.6) is 0 Å².